The molecule has 49 heavy (non-hydrogen) atoms. The van der Waals surface area contributed by atoms with Crippen LogP contribution in [0, 0.1) is 11.3 Å². The molecule has 0 aliphatic carbocycles. The third kappa shape index (κ3) is 9.61. The second-order valence-corrected chi connectivity index (χ2v) is 15.5. The number of hydrogen-bond acceptors (Lipinski definition) is 11. The van der Waals surface area contributed by atoms with Gasteiger partial charge in [-0.1, -0.05) is 50.6 Å². The summed E-state index contributed by atoms with van der Waals surface area (Å²) in [6.07, 6.45) is -0.378. The van der Waals surface area contributed by atoms with Crippen LogP contribution >= 0.6 is 0 Å². The molecular weight excluding hydrogens is 658 g/mol. The molecule has 3 aliphatic heterocycles. The lowest BCUT2D eigenvalue weighted by Crippen LogP contribution is -2.52. The number of fused-ring (bicyclic) bond motifs is 2. The number of amides is 2. The fourth-order valence-corrected chi connectivity index (χ4v) is 8.03. The standard InChI is InChI=1S/C34H47N3O11S/c1-23(38)37(41)15-8-7-14-34(2,3)21-36(49(42,43)25-11-12-29-30(18-25)47-22-46-29)19-28(39)27(17-24-9-5-4-6-10-24)35-33(40)48-31-20-45-32-26(31)13-16-44-32/h4-6,9-12,18,26-28,31-32,39,41H,7-8,13-17,19-22H2,1-3H3,(H,35,40)/t26-,27-,28+,31-,32+/m0/s1. The molecule has 5 rings (SSSR count). The van der Waals surface area contributed by atoms with Crippen molar-refractivity contribution in [3.05, 3.63) is 54.1 Å². The molecular formula is C34H47N3O11S. The van der Waals surface area contributed by atoms with E-state index in [1.54, 1.807) is 0 Å². The monoisotopic (exact) mass is 705 g/mol. The first-order chi connectivity index (χ1) is 23.3. The van der Waals surface area contributed by atoms with E-state index < -0.39 is 52.0 Å². The quantitative estimate of drug-likeness (QED) is 0.133. The molecule has 0 radical (unpaired) electrons. The highest BCUT2D eigenvalue weighted by molar-refractivity contribution is 7.89. The summed E-state index contributed by atoms with van der Waals surface area (Å²) in [5.41, 5.74) is 0.248. The SMILES string of the molecule is CC(=O)N(O)CCCCC(C)(C)CN(C[C@@H](O)[C@H](Cc1ccccc1)NC(=O)O[C@H]1CO[C@H]2OCC[C@H]21)S(=O)(=O)c1ccc2c(c1)OCO2. The number of sulfonamides is 1. The van der Waals surface area contributed by atoms with Gasteiger partial charge in [-0.15, -0.1) is 0 Å². The minimum absolute atomic E-state index is 0.0203. The van der Waals surface area contributed by atoms with Gasteiger partial charge in [0.05, 0.1) is 36.2 Å². The van der Waals surface area contributed by atoms with Crippen LogP contribution in [0.4, 0.5) is 4.79 Å². The van der Waals surface area contributed by atoms with E-state index in [4.69, 9.17) is 23.7 Å². The predicted octanol–water partition coefficient (Wildman–Crippen LogP) is 3.30. The van der Waals surface area contributed by atoms with E-state index >= 15 is 0 Å². The lowest BCUT2D eigenvalue weighted by atomic mass is 9.87. The van der Waals surface area contributed by atoms with E-state index in [0.717, 1.165) is 5.56 Å². The molecule has 5 atom stereocenters. The fourth-order valence-electron chi connectivity index (χ4n) is 6.37. The molecule has 2 amide bonds. The van der Waals surface area contributed by atoms with Crippen LogP contribution in [0.25, 0.3) is 0 Å². The number of benzene rings is 2. The molecule has 2 fully saturated rings. The Balaban J connectivity index is 1.35. The summed E-state index contributed by atoms with van der Waals surface area (Å²) >= 11 is 0. The summed E-state index contributed by atoms with van der Waals surface area (Å²) < 4.78 is 57.5. The van der Waals surface area contributed by atoms with Gasteiger partial charge in [0.15, 0.2) is 17.8 Å². The van der Waals surface area contributed by atoms with E-state index in [2.05, 4.69) is 5.32 Å². The minimum atomic E-state index is -4.20. The summed E-state index contributed by atoms with van der Waals surface area (Å²) in [7, 11) is -4.20. The Morgan fingerprint density at radius 1 is 1.08 bits per heavy atom. The summed E-state index contributed by atoms with van der Waals surface area (Å²) in [6.45, 7) is 5.68. The number of nitrogens with zero attached hydrogens (tertiary/aromatic N) is 2. The van der Waals surface area contributed by atoms with Gasteiger partial charge < -0.3 is 34.1 Å². The predicted molar refractivity (Wildman–Crippen MR) is 175 cm³/mol. The van der Waals surface area contributed by atoms with Crippen LogP contribution in [0.5, 0.6) is 11.5 Å². The van der Waals surface area contributed by atoms with Gasteiger partial charge in [0.2, 0.25) is 22.7 Å². The number of alkyl carbamates (subject to hydrolysis) is 1. The zero-order valence-corrected chi connectivity index (χ0v) is 29.0. The van der Waals surface area contributed by atoms with Crippen LogP contribution in [-0.4, -0.2) is 104 Å². The van der Waals surface area contributed by atoms with Crippen molar-refractivity contribution in [2.75, 3.05) is 39.6 Å². The summed E-state index contributed by atoms with van der Waals surface area (Å²) in [6, 6.07) is 12.7. The molecule has 0 saturated carbocycles. The topological polar surface area (TPSA) is 173 Å². The molecule has 3 N–H and O–H groups in total. The Hall–Kier alpha value is -3.47. The Kier molecular flexibility index (Phi) is 12.0. The van der Waals surface area contributed by atoms with Crippen LogP contribution in [0.3, 0.4) is 0 Å². The van der Waals surface area contributed by atoms with Crippen molar-refractivity contribution in [1.82, 2.24) is 14.7 Å². The Morgan fingerprint density at radius 2 is 1.84 bits per heavy atom. The first kappa shape index (κ1) is 36.8. The maximum atomic E-state index is 14.3. The van der Waals surface area contributed by atoms with Gasteiger partial charge >= 0.3 is 6.09 Å². The number of hydroxylamine groups is 2. The number of aliphatic hydroxyl groups is 1. The van der Waals surface area contributed by atoms with Gasteiger partial charge in [-0.2, -0.15) is 4.31 Å². The summed E-state index contributed by atoms with van der Waals surface area (Å²) in [4.78, 5) is 24.6. The van der Waals surface area contributed by atoms with Crippen LogP contribution in [0.15, 0.2) is 53.4 Å². The summed E-state index contributed by atoms with van der Waals surface area (Å²) in [5, 5.41) is 25.0. The highest BCUT2D eigenvalue weighted by atomic mass is 32.2. The normalized spacial score (nSPS) is 21.3. The Bertz CT molecular complexity index is 1540. The zero-order chi connectivity index (χ0) is 35.2. The largest absolute Gasteiger partial charge is 0.454 e. The van der Waals surface area contributed by atoms with Crippen molar-refractivity contribution >= 4 is 22.0 Å². The number of carbonyl (C=O) groups excluding carboxylic acids is 2. The molecule has 15 heteroatoms. The van der Waals surface area contributed by atoms with Gasteiger partial charge in [0.25, 0.3) is 0 Å². The van der Waals surface area contributed by atoms with Crippen molar-refractivity contribution in [3.8, 4) is 11.5 Å². The highest BCUT2D eigenvalue weighted by Gasteiger charge is 2.44. The lowest BCUT2D eigenvalue weighted by Gasteiger charge is -2.35. The number of unbranched alkanes of at least 4 members (excludes halogenated alkanes) is 1. The van der Waals surface area contributed by atoms with Crippen molar-refractivity contribution in [2.45, 2.75) is 82.3 Å². The zero-order valence-electron chi connectivity index (χ0n) is 28.2. The molecule has 3 aliphatic rings. The summed E-state index contributed by atoms with van der Waals surface area (Å²) in [5.74, 6) is 0.209. The average molecular weight is 706 g/mol. The number of nitrogens with one attached hydrogen (secondary N) is 1. The van der Waals surface area contributed by atoms with E-state index in [9.17, 15) is 28.3 Å². The second kappa shape index (κ2) is 16.0. The molecule has 3 heterocycles. The number of carbonyl (C=O) groups is 2. The van der Waals surface area contributed by atoms with Crippen LogP contribution in [0.2, 0.25) is 0 Å². The maximum Gasteiger partial charge on any atom is 0.407 e. The fraction of sp³-hybridized carbons (Fsp3) is 0.588. The van der Waals surface area contributed by atoms with Gasteiger partial charge in [-0.05, 0) is 48.8 Å². The number of rotatable bonds is 16. The van der Waals surface area contributed by atoms with Crippen molar-refractivity contribution in [3.63, 3.8) is 0 Å². The first-order valence-corrected chi connectivity index (χ1v) is 18.1. The molecule has 2 aromatic carbocycles. The van der Waals surface area contributed by atoms with Crippen LogP contribution < -0.4 is 14.8 Å². The van der Waals surface area contributed by atoms with Gasteiger partial charge in [0, 0.05) is 32.6 Å². The molecule has 2 aromatic rings. The van der Waals surface area contributed by atoms with Gasteiger partial charge in [-0.25, -0.2) is 18.3 Å². The van der Waals surface area contributed by atoms with E-state index in [-0.39, 0.29) is 50.3 Å². The molecule has 2 saturated heterocycles. The van der Waals surface area contributed by atoms with Gasteiger partial charge in [0.1, 0.15) is 6.10 Å². The molecule has 270 valence electrons. The van der Waals surface area contributed by atoms with Crippen molar-refractivity contribution in [2.24, 2.45) is 11.3 Å². The van der Waals surface area contributed by atoms with Crippen LogP contribution in [-0.2, 0) is 35.4 Å². The first-order valence-electron chi connectivity index (χ1n) is 16.6. The Labute approximate surface area is 287 Å². The highest BCUT2D eigenvalue weighted by Crippen LogP contribution is 2.36. The number of aliphatic hydroxyl groups excluding tert-OH is 1. The van der Waals surface area contributed by atoms with Gasteiger partial charge in [-0.3, -0.25) is 10.0 Å². The molecule has 0 unspecified atom stereocenters. The number of ether oxygens (including phenoxy) is 5. The van der Waals surface area contributed by atoms with E-state index in [1.165, 1.54) is 29.4 Å². The molecule has 0 spiro atoms. The third-order valence-corrected chi connectivity index (χ3v) is 10.9. The Morgan fingerprint density at radius 3 is 2.59 bits per heavy atom. The minimum Gasteiger partial charge on any atom is -0.454 e. The van der Waals surface area contributed by atoms with Crippen LogP contribution in [0.1, 0.15) is 52.0 Å². The van der Waals surface area contributed by atoms with Crippen molar-refractivity contribution in [1.29, 1.82) is 0 Å². The van der Waals surface area contributed by atoms with E-state index in [1.807, 2.05) is 44.2 Å². The van der Waals surface area contributed by atoms with Crippen molar-refractivity contribution < 1.29 is 52.0 Å². The average Bonchev–Trinajstić information content (AvgIpc) is 3.81. The smallest absolute Gasteiger partial charge is 0.407 e. The number of hydrogen-bond donors (Lipinski definition) is 3. The molecule has 0 aromatic heterocycles. The third-order valence-electron chi connectivity index (χ3n) is 9.12. The van der Waals surface area contributed by atoms with E-state index in [0.29, 0.717) is 48.9 Å². The molecule has 0 bridgehead atoms. The molecule has 14 nitrogen and oxygen atoms in total. The lowest BCUT2D eigenvalue weighted by molar-refractivity contribution is -0.162. The maximum absolute atomic E-state index is 14.3. The second-order valence-electron chi connectivity index (χ2n) is 13.6.